The van der Waals surface area contributed by atoms with Gasteiger partial charge in [-0.25, -0.2) is 9.37 Å². The lowest BCUT2D eigenvalue weighted by Crippen LogP contribution is -1.96. The molecule has 2 rings (SSSR count). The van der Waals surface area contributed by atoms with Gasteiger partial charge < -0.3 is 5.32 Å². The summed E-state index contributed by atoms with van der Waals surface area (Å²) in [5.74, 6) is 0.272. The predicted octanol–water partition coefficient (Wildman–Crippen LogP) is 3.70. The highest BCUT2D eigenvalue weighted by atomic mass is 35.5. The van der Waals surface area contributed by atoms with Crippen LogP contribution in [0.15, 0.2) is 42.6 Å². The molecule has 0 unspecified atom stereocenters. The fraction of sp³-hybridized carbons (Fsp3) is 0.0833. The van der Waals surface area contributed by atoms with Gasteiger partial charge in [-0.3, -0.25) is 0 Å². The summed E-state index contributed by atoms with van der Waals surface area (Å²) in [5, 5.41) is 2.90. The van der Waals surface area contributed by atoms with Crippen LogP contribution in [0.2, 0.25) is 0 Å². The molecule has 0 amide bonds. The summed E-state index contributed by atoms with van der Waals surface area (Å²) in [6.45, 7) is 0. The van der Waals surface area contributed by atoms with E-state index in [0.717, 1.165) is 11.3 Å². The number of halogens is 2. The minimum Gasteiger partial charge on any atom is -0.338 e. The maximum Gasteiger partial charge on any atom is 0.166 e. The second kappa shape index (κ2) is 4.94. The van der Waals surface area contributed by atoms with Crippen LogP contribution in [0.3, 0.4) is 0 Å². The number of nitrogens with zero attached hydrogens (tertiary/aromatic N) is 1. The van der Waals surface area contributed by atoms with Crippen LogP contribution in [0.5, 0.6) is 0 Å². The molecule has 82 valence electrons. The maximum atomic E-state index is 13.3. The standard InChI is InChI=1S/C12H10ClFN2/c13-8-9-3-1-4-10(7-9)16-12-11(14)5-2-6-15-12/h1-7H,8H2,(H,15,16). The molecule has 0 bridgehead atoms. The van der Waals surface area contributed by atoms with Gasteiger partial charge in [-0.2, -0.15) is 0 Å². The Morgan fingerprint density at radius 1 is 1.25 bits per heavy atom. The Labute approximate surface area is 98.1 Å². The van der Waals surface area contributed by atoms with E-state index in [1.54, 1.807) is 6.07 Å². The third-order valence-corrected chi connectivity index (χ3v) is 2.41. The van der Waals surface area contributed by atoms with E-state index in [4.69, 9.17) is 11.6 Å². The van der Waals surface area contributed by atoms with Crippen LogP contribution in [0.25, 0.3) is 0 Å². The number of nitrogens with one attached hydrogen (secondary N) is 1. The Morgan fingerprint density at radius 3 is 2.88 bits per heavy atom. The molecule has 16 heavy (non-hydrogen) atoms. The Bertz CT molecular complexity index is 488. The largest absolute Gasteiger partial charge is 0.338 e. The van der Waals surface area contributed by atoms with E-state index < -0.39 is 0 Å². The van der Waals surface area contributed by atoms with Crippen LogP contribution >= 0.6 is 11.6 Å². The van der Waals surface area contributed by atoms with Gasteiger partial charge in [0.1, 0.15) is 0 Å². The molecule has 0 atom stereocenters. The van der Waals surface area contributed by atoms with Crippen molar-refractivity contribution in [2.24, 2.45) is 0 Å². The molecule has 1 N–H and O–H groups in total. The quantitative estimate of drug-likeness (QED) is 0.822. The van der Waals surface area contributed by atoms with Gasteiger partial charge in [0.2, 0.25) is 0 Å². The van der Waals surface area contributed by atoms with Crippen LogP contribution in [0.4, 0.5) is 15.9 Å². The highest BCUT2D eigenvalue weighted by Crippen LogP contribution is 2.18. The van der Waals surface area contributed by atoms with Gasteiger partial charge >= 0.3 is 0 Å². The second-order valence-corrected chi connectivity index (χ2v) is 3.56. The SMILES string of the molecule is Fc1cccnc1Nc1cccc(CCl)c1. The first kappa shape index (κ1) is 10.9. The number of hydrogen-bond donors (Lipinski definition) is 1. The summed E-state index contributed by atoms with van der Waals surface area (Å²) in [7, 11) is 0. The fourth-order valence-corrected chi connectivity index (χ4v) is 1.51. The van der Waals surface area contributed by atoms with E-state index in [1.165, 1.54) is 12.3 Å². The second-order valence-electron chi connectivity index (χ2n) is 3.29. The summed E-state index contributed by atoms with van der Waals surface area (Å²) < 4.78 is 13.3. The van der Waals surface area contributed by atoms with Gasteiger partial charge in [-0.05, 0) is 29.8 Å². The zero-order valence-electron chi connectivity index (χ0n) is 8.45. The molecule has 4 heteroatoms. The van der Waals surface area contributed by atoms with Crippen molar-refractivity contribution < 1.29 is 4.39 Å². The molecule has 0 aliphatic rings. The summed E-state index contributed by atoms with van der Waals surface area (Å²) >= 11 is 5.72. The maximum absolute atomic E-state index is 13.3. The van der Waals surface area contributed by atoms with Gasteiger partial charge in [0.25, 0.3) is 0 Å². The van der Waals surface area contributed by atoms with Gasteiger partial charge in [-0.15, -0.1) is 11.6 Å². The number of aromatic nitrogens is 1. The summed E-state index contributed by atoms with van der Waals surface area (Å²) in [5.41, 5.74) is 1.75. The molecule has 1 aromatic carbocycles. The lowest BCUT2D eigenvalue weighted by Gasteiger charge is -2.07. The molecule has 0 aliphatic heterocycles. The zero-order valence-corrected chi connectivity index (χ0v) is 9.21. The van der Waals surface area contributed by atoms with Crippen LogP contribution in [-0.4, -0.2) is 4.98 Å². The fourth-order valence-electron chi connectivity index (χ4n) is 1.35. The molecule has 0 fully saturated rings. The van der Waals surface area contributed by atoms with Crippen LogP contribution in [0.1, 0.15) is 5.56 Å². The molecule has 1 aromatic heterocycles. The third kappa shape index (κ3) is 2.49. The van der Waals surface area contributed by atoms with Crippen LogP contribution in [0, 0.1) is 5.82 Å². The first-order valence-corrected chi connectivity index (χ1v) is 5.35. The van der Waals surface area contributed by atoms with E-state index in [1.807, 2.05) is 24.3 Å². The first-order valence-electron chi connectivity index (χ1n) is 4.82. The molecule has 0 saturated heterocycles. The summed E-state index contributed by atoms with van der Waals surface area (Å²) in [6, 6.07) is 10.4. The van der Waals surface area contributed by atoms with Crippen molar-refractivity contribution in [3.63, 3.8) is 0 Å². The van der Waals surface area contributed by atoms with E-state index in [-0.39, 0.29) is 11.6 Å². The Kier molecular flexibility index (Phi) is 3.37. The molecule has 2 nitrogen and oxygen atoms in total. The Balaban J connectivity index is 2.24. The highest BCUT2D eigenvalue weighted by Gasteiger charge is 2.02. The molecule has 1 heterocycles. The van der Waals surface area contributed by atoms with Crippen molar-refractivity contribution in [1.29, 1.82) is 0 Å². The van der Waals surface area contributed by atoms with Gasteiger partial charge in [-0.1, -0.05) is 12.1 Å². The molecule has 0 spiro atoms. The van der Waals surface area contributed by atoms with Crippen molar-refractivity contribution >= 4 is 23.1 Å². The molecule has 2 aromatic rings. The Hall–Kier alpha value is -1.61. The smallest absolute Gasteiger partial charge is 0.166 e. The number of hydrogen-bond acceptors (Lipinski definition) is 2. The third-order valence-electron chi connectivity index (χ3n) is 2.10. The summed E-state index contributed by atoms with van der Waals surface area (Å²) in [4.78, 5) is 3.91. The average Bonchev–Trinajstić information content (AvgIpc) is 2.32. The van der Waals surface area contributed by atoms with Crippen molar-refractivity contribution in [1.82, 2.24) is 4.98 Å². The molecular formula is C12H10ClFN2. The lowest BCUT2D eigenvalue weighted by molar-refractivity contribution is 0.626. The van der Waals surface area contributed by atoms with E-state index in [0.29, 0.717) is 5.88 Å². The number of rotatable bonds is 3. The highest BCUT2D eigenvalue weighted by molar-refractivity contribution is 6.17. The Morgan fingerprint density at radius 2 is 2.12 bits per heavy atom. The summed E-state index contributed by atoms with van der Waals surface area (Å²) in [6.07, 6.45) is 1.54. The minimum atomic E-state index is -0.376. The molecule has 0 radical (unpaired) electrons. The van der Waals surface area contributed by atoms with Crippen LogP contribution in [-0.2, 0) is 5.88 Å². The number of alkyl halides is 1. The molecule has 0 aliphatic carbocycles. The molecule has 0 saturated carbocycles. The van der Waals surface area contributed by atoms with Crippen molar-refractivity contribution in [2.75, 3.05) is 5.32 Å². The lowest BCUT2D eigenvalue weighted by atomic mass is 10.2. The topological polar surface area (TPSA) is 24.9 Å². The first-order chi connectivity index (χ1) is 7.79. The van der Waals surface area contributed by atoms with Crippen molar-refractivity contribution in [3.05, 3.63) is 54.0 Å². The van der Waals surface area contributed by atoms with Gasteiger partial charge in [0, 0.05) is 17.8 Å². The zero-order chi connectivity index (χ0) is 11.4. The molecular weight excluding hydrogens is 227 g/mol. The normalized spacial score (nSPS) is 10.1. The number of benzene rings is 1. The van der Waals surface area contributed by atoms with E-state index in [9.17, 15) is 4.39 Å². The number of anilines is 2. The monoisotopic (exact) mass is 236 g/mol. The average molecular weight is 237 g/mol. The number of pyridine rings is 1. The van der Waals surface area contributed by atoms with Crippen molar-refractivity contribution in [3.8, 4) is 0 Å². The predicted molar refractivity (Wildman–Crippen MR) is 63.5 cm³/mol. The van der Waals surface area contributed by atoms with E-state index >= 15 is 0 Å². The van der Waals surface area contributed by atoms with E-state index in [2.05, 4.69) is 10.3 Å². The van der Waals surface area contributed by atoms with Gasteiger partial charge in [0.05, 0.1) is 0 Å². The van der Waals surface area contributed by atoms with Crippen LogP contribution < -0.4 is 5.32 Å². The van der Waals surface area contributed by atoms with Crippen molar-refractivity contribution in [2.45, 2.75) is 5.88 Å². The van der Waals surface area contributed by atoms with Gasteiger partial charge in [0.15, 0.2) is 11.6 Å². The minimum absolute atomic E-state index is 0.217.